The van der Waals surface area contributed by atoms with Crippen LogP contribution in [0, 0.1) is 0 Å². The van der Waals surface area contributed by atoms with Crippen LogP contribution in [0.3, 0.4) is 0 Å². The maximum atomic E-state index is 12.9. The minimum absolute atomic E-state index is 0.167. The van der Waals surface area contributed by atoms with Gasteiger partial charge in [0.25, 0.3) is 0 Å². The molecule has 2 amide bonds. The van der Waals surface area contributed by atoms with E-state index in [9.17, 15) is 22.8 Å². The summed E-state index contributed by atoms with van der Waals surface area (Å²) in [6.07, 6.45) is -3.81. The molecule has 2 aromatic rings. The number of nitrogens with one attached hydrogen (secondary N) is 1. The summed E-state index contributed by atoms with van der Waals surface area (Å²) in [4.78, 5) is 22.8. The summed E-state index contributed by atoms with van der Waals surface area (Å²) >= 11 is 0. The molecule has 2 rings (SSSR count). The number of rotatable bonds is 3. The molecule has 0 aliphatic rings. The van der Waals surface area contributed by atoms with E-state index in [0.717, 1.165) is 6.20 Å². The summed E-state index contributed by atoms with van der Waals surface area (Å²) in [6.45, 7) is 0. The zero-order chi connectivity index (χ0) is 15.8. The lowest BCUT2D eigenvalue weighted by Gasteiger charge is -2.12. The Kier molecular flexibility index (Phi) is 3.42. The standard InChI is InChI=1S/C12H9F3N4O2/c13-12(14,15)9-7(4-18-19-9)5-2-1-3-6(10(16)20)8(5)11(17)21/h1-4H,(H2,16,20)(H2,17,21)(H,18,19). The number of primary amides is 2. The van der Waals surface area contributed by atoms with Crippen LogP contribution in [0.4, 0.5) is 13.2 Å². The molecule has 0 radical (unpaired) electrons. The van der Waals surface area contributed by atoms with Gasteiger partial charge in [0.2, 0.25) is 11.8 Å². The maximum Gasteiger partial charge on any atom is 0.433 e. The van der Waals surface area contributed by atoms with Crippen molar-refractivity contribution in [2.45, 2.75) is 6.18 Å². The molecule has 1 aromatic carbocycles. The third-order valence-electron chi connectivity index (χ3n) is 2.79. The number of H-pyrrole nitrogens is 1. The van der Waals surface area contributed by atoms with E-state index in [0.29, 0.717) is 0 Å². The largest absolute Gasteiger partial charge is 0.433 e. The molecule has 0 spiro atoms. The quantitative estimate of drug-likeness (QED) is 0.793. The average molecular weight is 298 g/mol. The van der Waals surface area contributed by atoms with Crippen LogP contribution in [0.15, 0.2) is 24.4 Å². The van der Waals surface area contributed by atoms with Crippen LogP contribution in [-0.4, -0.2) is 22.0 Å². The number of aromatic nitrogens is 2. The third kappa shape index (κ3) is 2.57. The number of nitrogens with zero attached hydrogens (tertiary/aromatic N) is 1. The topological polar surface area (TPSA) is 115 Å². The van der Waals surface area contributed by atoms with Gasteiger partial charge in [0, 0.05) is 5.56 Å². The number of alkyl halides is 3. The van der Waals surface area contributed by atoms with Gasteiger partial charge in [-0.3, -0.25) is 14.7 Å². The van der Waals surface area contributed by atoms with E-state index in [1.165, 1.54) is 18.2 Å². The van der Waals surface area contributed by atoms with Gasteiger partial charge >= 0.3 is 6.18 Å². The summed E-state index contributed by atoms with van der Waals surface area (Å²) in [5.74, 6) is -2.03. The number of hydrogen-bond donors (Lipinski definition) is 3. The summed E-state index contributed by atoms with van der Waals surface area (Å²) in [7, 11) is 0. The van der Waals surface area contributed by atoms with Crippen LogP contribution in [0.1, 0.15) is 26.4 Å². The van der Waals surface area contributed by atoms with Crippen molar-refractivity contribution in [2.24, 2.45) is 11.5 Å². The summed E-state index contributed by atoms with van der Waals surface area (Å²) in [5.41, 5.74) is 7.93. The zero-order valence-electron chi connectivity index (χ0n) is 10.4. The van der Waals surface area contributed by atoms with Gasteiger partial charge in [0.1, 0.15) is 5.69 Å². The number of carbonyl (C=O) groups excluding carboxylic acids is 2. The lowest BCUT2D eigenvalue weighted by atomic mass is 9.94. The maximum absolute atomic E-state index is 12.9. The van der Waals surface area contributed by atoms with Crippen molar-refractivity contribution in [3.05, 3.63) is 41.2 Å². The zero-order valence-corrected chi connectivity index (χ0v) is 10.4. The number of halogens is 3. The van der Waals surface area contributed by atoms with Gasteiger partial charge < -0.3 is 11.5 Å². The Labute approximate surface area is 115 Å². The van der Waals surface area contributed by atoms with E-state index in [4.69, 9.17) is 11.5 Å². The van der Waals surface area contributed by atoms with E-state index < -0.39 is 23.7 Å². The second kappa shape index (κ2) is 4.93. The van der Waals surface area contributed by atoms with Crippen LogP contribution in [0.5, 0.6) is 0 Å². The molecule has 0 aliphatic heterocycles. The molecule has 1 heterocycles. The number of benzene rings is 1. The molecular formula is C12H9F3N4O2. The van der Waals surface area contributed by atoms with Crippen molar-refractivity contribution in [2.75, 3.05) is 0 Å². The molecule has 0 fully saturated rings. The molecule has 9 heteroatoms. The molecule has 6 nitrogen and oxygen atoms in total. The summed E-state index contributed by atoms with van der Waals surface area (Å²) in [5, 5.41) is 5.14. The molecule has 1 aromatic heterocycles. The van der Waals surface area contributed by atoms with Crippen LogP contribution in [-0.2, 0) is 6.18 Å². The number of amides is 2. The second-order valence-corrected chi connectivity index (χ2v) is 4.11. The minimum Gasteiger partial charge on any atom is -0.366 e. The lowest BCUT2D eigenvalue weighted by Crippen LogP contribution is -2.22. The first-order valence-corrected chi connectivity index (χ1v) is 5.57. The molecule has 0 atom stereocenters. The van der Waals surface area contributed by atoms with E-state index in [2.05, 4.69) is 5.10 Å². The van der Waals surface area contributed by atoms with Gasteiger partial charge in [-0.25, -0.2) is 0 Å². The highest BCUT2D eigenvalue weighted by Crippen LogP contribution is 2.37. The monoisotopic (exact) mass is 298 g/mol. The SMILES string of the molecule is NC(=O)c1cccc(-c2cn[nH]c2C(F)(F)F)c1C(N)=O. The highest BCUT2D eigenvalue weighted by molar-refractivity contribution is 6.10. The average Bonchev–Trinajstić information content (AvgIpc) is 2.86. The van der Waals surface area contributed by atoms with Crippen molar-refractivity contribution < 1.29 is 22.8 Å². The van der Waals surface area contributed by atoms with E-state index in [-0.39, 0.29) is 22.3 Å². The normalized spacial score (nSPS) is 11.4. The van der Waals surface area contributed by atoms with Crippen molar-refractivity contribution in [3.8, 4) is 11.1 Å². The van der Waals surface area contributed by atoms with Gasteiger partial charge in [0.05, 0.1) is 17.3 Å². The number of aromatic amines is 1. The van der Waals surface area contributed by atoms with Gasteiger partial charge in [-0.15, -0.1) is 0 Å². The highest BCUT2D eigenvalue weighted by atomic mass is 19.4. The van der Waals surface area contributed by atoms with Crippen molar-refractivity contribution in [1.82, 2.24) is 10.2 Å². The molecule has 5 N–H and O–H groups in total. The smallest absolute Gasteiger partial charge is 0.366 e. The third-order valence-corrected chi connectivity index (χ3v) is 2.79. The van der Waals surface area contributed by atoms with Gasteiger partial charge in [-0.1, -0.05) is 12.1 Å². The van der Waals surface area contributed by atoms with Gasteiger partial charge in [-0.2, -0.15) is 18.3 Å². The minimum atomic E-state index is -4.70. The van der Waals surface area contributed by atoms with Crippen LogP contribution in [0.2, 0.25) is 0 Å². The number of nitrogens with two attached hydrogens (primary N) is 2. The predicted molar refractivity (Wildman–Crippen MR) is 66.1 cm³/mol. The fourth-order valence-corrected chi connectivity index (χ4v) is 1.95. The van der Waals surface area contributed by atoms with Crippen molar-refractivity contribution >= 4 is 11.8 Å². The number of carbonyl (C=O) groups is 2. The van der Waals surface area contributed by atoms with E-state index in [1.54, 1.807) is 0 Å². The Balaban J connectivity index is 2.77. The van der Waals surface area contributed by atoms with Crippen LogP contribution in [0.25, 0.3) is 11.1 Å². The first kappa shape index (κ1) is 14.6. The Bertz CT molecular complexity index is 722. The highest BCUT2D eigenvalue weighted by Gasteiger charge is 2.37. The lowest BCUT2D eigenvalue weighted by molar-refractivity contribution is -0.140. The summed E-state index contributed by atoms with van der Waals surface area (Å²) < 4.78 is 38.6. The van der Waals surface area contributed by atoms with E-state index in [1.807, 2.05) is 5.10 Å². The molecule has 0 saturated heterocycles. The van der Waals surface area contributed by atoms with Crippen molar-refractivity contribution in [1.29, 1.82) is 0 Å². The molecule has 0 unspecified atom stereocenters. The van der Waals surface area contributed by atoms with Crippen LogP contribution >= 0.6 is 0 Å². The molecule has 0 saturated carbocycles. The van der Waals surface area contributed by atoms with Gasteiger partial charge in [-0.05, 0) is 11.6 Å². The van der Waals surface area contributed by atoms with E-state index >= 15 is 0 Å². The Hall–Kier alpha value is -2.84. The Morgan fingerprint density at radius 2 is 1.76 bits per heavy atom. The predicted octanol–water partition coefficient (Wildman–Crippen LogP) is 1.29. The molecule has 21 heavy (non-hydrogen) atoms. The summed E-state index contributed by atoms with van der Waals surface area (Å²) in [6, 6.07) is 3.74. The van der Waals surface area contributed by atoms with Crippen molar-refractivity contribution in [3.63, 3.8) is 0 Å². The molecular weight excluding hydrogens is 289 g/mol. The Morgan fingerprint density at radius 1 is 1.10 bits per heavy atom. The molecule has 0 bridgehead atoms. The molecule has 0 aliphatic carbocycles. The first-order valence-electron chi connectivity index (χ1n) is 5.57. The second-order valence-electron chi connectivity index (χ2n) is 4.11. The van der Waals surface area contributed by atoms with Crippen LogP contribution < -0.4 is 11.5 Å². The molecule has 110 valence electrons. The fourth-order valence-electron chi connectivity index (χ4n) is 1.95. The Morgan fingerprint density at radius 3 is 2.29 bits per heavy atom. The number of hydrogen-bond acceptors (Lipinski definition) is 3. The fraction of sp³-hybridized carbons (Fsp3) is 0.0833. The van der Waals surface area contributed by atoms with Gasteiger partial charge in [0.15, 0.2) is 0 Å². The first-order chi connectivity index (χ1) is 9.73.